The molecule has 3 aromatic rings. The lowest BCUT2D eigenvalue weighted by Gasteiger charge is -2.13. The predicted molar refractivity (Wildman–Crippen MR) is 119 cm³/mol. The molecule has 156 valence electrons. The van der Waals surface area contributed by atoms with Crippen molar-refractivity contribution in [1.82, 2.24) is 20.1 Å². The molecule has 1 fully saturated rings. The van der Waals surface area contributed by atoms with E-state index < -0.39 is 0 Å². The first-order valence-corrected chi connectivity index (χ1v) is 11.9. The molecule has 1 aliphatic carbocycles. The molecule has 0 spiro atoms. The molecule has 1 aromatic carbocycles. The number of carbonyl (C=O) groups excluding carboxylic acids is 2. The number of Topliss-reactive ketones (excluding diaryl/α,β-unsaturated/α-hetero) is 1. The Morgan fingerprint density at radius 2 is 2.00 bits per heavy atom. The van der Waals surface area contributed by atoms with E-state index in [-0.39, 0.29) is 17.7 Å². The van der Waals surface area contributed by atoms with Crippen molar-refractivity contribution in [1.29, 1.82) is 0 Å². The van der Waals surface area contributed by atoms with E-state index in [1.807, 2.05) is 37.3 Å². The largest absolute Gasteiger partial charge is 0.350 e. The van der Waals surface area contributed by atoms with E-state index in [1.54, 1.807) is 11.3 Å². The van der Waals surface area contributed by atoms with Crippen LogP contribution in [0.4, 0.5) is 0 Å². The molecule has 1 aliphatic rings. The lowest BCUT2D eigenvalue weighted by Crippen LogP contribution is -2.23. The molecule has 6 nitrogen and oxygen atoms in total. The van der Waals surface area contributed by atoms with Crippen molar-refractivity contribution in [3.63, 3.8) is 0 Å². The molecular formula is C22H24N4O2S2. The maximum absolute atomic E-state index is 12.7. The van der Waals surface area contributed by atoms with Gasteiger partial charge >= 0.3 is 0 Å². The number of benzene rings is 1. The zero-order chi connectivity index (χ0) is 21.1. The summed E-state index contributed by atoms with van der Waals surface area (Å²) in [6.45, 7) is 3.42. The molecule has 2 aromatic heterocycles. The Bertz CT molecular complexity index is 1020. The van der Waals surface area contributed by atoms with Gasteiger partial charge in [0.15, 0.2) is 10.9 Å². The monoisotopic (exact) mass is 440 g/mol. The fraction of sp³-hybridized carbons (Fsp3) is 0.364. The Labute approximate surface area is 184 Å². The summed E-state index contributed by atoms with van der Waals surface area (Å²) in [5.41, 5.74) is 1.64. The van der Waals surface area contributed by atoms with Crippen molar-refractivity contribution in [2.75, 3.05) is 5.75 Å². The first-order chi connectivity index (χ1) is 14.5. The predicted octanol–water partition coefficient (Wildman–Crippen LogP) is 4.44. The number of thiophene rings is 1. The van der Waals surface area contributed by atoms with Gasteiger partial charge < -0.3 is 9.88 Å². The van der Waals surface area contributed by atoms with E-state index in [2.05, 4.69) is 31.5 Å². The van der Waals surface area contributed by atoms with Gasteiger partial charge in [-0.3, -0.25) is 9.59 Å². The van der Waals surface area contributed by atoms with Crippen LogP contribution in [0.25, 0.3) is 0 Å². The van der Waals surface area contributed by atoms with Crippen molar-refractivity contribution in [3.8, 4) is 0 Å². The van der Waals surface area contributed by atoms with Crippen LogP contribution in [-0.4, -0.2) is 32.2 Å². The highest BCUT2D eigenvalue weighted by molar-refractivity contribution is 7.99. The molecular weight excluding hydrogens is 416 g/mol. The van der Waals surface area contributed by atoms with Crippen molar-refractivity contribution in [2.45, 2.75) is 50.4 Å². The second kappa shape index (κ2) is 9.14. The maximum atomic E-state index is 12.7. The Morgan fingerprint density at radius 1 is 1.23 bits per heavy atom. The summed E-state index contributed by atoms with van der Waals surface area (Å²) in [4.78, 5) is 25.2. The number of rotatable bonds is 9. The molecule has 30 heavy (non-hydrogen) atoms. The quantitative estimate of drug-likeness (QED) is 0.393. The summed E-state index contributed by atoms with van der Waals surface area (Å²) in [7, 11) is 0. The minimum atomic E-state index is -0.0834. The molecule has 8 heteroatoms. The van der Waals surface area contributed by atoms with E-state index in [4.69, 9.17) is 0 Å². The summed E-state index contributed by atoms with van der Waals surface area (Å²) < 4.78 is 2.22. The molecule has 0 saturated heterocycles. The van der Waals surface area contributed by atoms with Crippen molar-refractivity contribution in [3.05, 3.63) is 63.6 Å². The molecule has 2 heterocycles. The van der Waals surface area contributed by atoms with Crippen LogP contribution in [0.2, 0.25) is 0 Å². The van der Waals surface area contributed by atoms with Gasteiger partial charge in [0.05, 0.1) is 11.8 Å². The van der Waals surface area contributed by atoms with Gasteiger partial charge in [-0.1, -0.05) is 42.1 Å². The summed E-state index contributed by atoms with van der Waals surface area (Å²) >= 11 is 3.18. The molecule has 1 saturated carbocycles. The smallest absolute Gasteiger partial charge is 0.217 e. The third-order valence-corrected chi connectivity index (χ3v) is 6.86. The summed E-state index contributed by atoms with van der Waals surface area (Å²) in [6, 6.07) is 12.0. The standard InChI is InChI=1S/C22H24N4O2S2/c1-14(23-15(2)27)16-5-7-17(8-6-16)20(28)13-30-22-25-24-21(26(22)18-9-10-18)12-19-4-3-11-29-19/h3-8,11,14,18H,9-10,12-13H2,1-2H3,(H,23,27). The highest BCUT2D eigenvalue weighted by Gasteiger charge is 2.30. The molecule has 1 N–H and O–H groups in total. The molecule has 1 amide bonds. The van der Waals surface area contributed by atoms with Gasteiger partial charge in [-0.15, -0.1) is 21.5 Å². The van der Waals surface area contributed by atoms with Crippen LogP contribution in [0.1, 0.15) is 65.4 Å². The average Bonchev–Trinajstić information content (AvgIpc) is 3.28. The fourth-order valence-corrected chi connectivity index (χ4v) is 4.97. The third kappa shape index (κ3) is 4.99. The topological polar surface area (TPSA) is 76.9 Å². The number of aromatic nitrogens is 3. The number of nitrogens with zero attached hydrogens (tertiary/aromatic N) is 3. The zero-order valence-corrected chi connectivity index (χ0v) is 18.6. The van der Waals surface area contributed by atoms with Crippen LogP contribution < -0.4 is 5.32 Å². The van der Waals surface area contributed by atoms with Gasteiger partial charge in [-0.25, -0.2) is 0 Å². The number of thioether (sulfide) groups is 1. The number of ketones is 1. The Morgan fingerprint density at radius 3 is 2.63 bits per heavy atom. The van der Waals surface area contributed by atoms with E-state index in [0.717, 1.165) is 35.8 Å². The van der Waals surface area contributed by atoms with Crippen molar-refractivity contribution < 1.29 is 9.59 Å². The SMILES string of the molecule is CC(=O)NC(C)c1ccc(C(=O)CSc2nnc(Cc3cccs3)n2C2CC2)cc1. The Hall–Kier alpha value is -2.45. The van der Waals surface area contributed by atoms with Crippen LogP contribution >= 0.6 is 23.1 Å². The van der Waals surface area contributed by atoms with Crippen molar-refractivity contribution >= 4 is 34.8 Å². The minimum Gasteiger partial charge on any atom is -0.350 e. The van der Waals surface area contributed by atoms with Crippen molar-refractivity contribution in [2.24, 2.45) is 0 Å². The van der Waals surface area contributed by atoms with E-state index in [1.165, 1.54) is 23.6 Å². The first kappa shape index (κ1) is 20.8. The third-order valence-electron chi connectivity index (χ3n) is 5.04. The average molecular weight is 441 g/mol. The van der Waals surface area contributed by atoms with E-state index in [9.17, 15) is 9.59 Å². The van der Waals surface area contributed by atoms with Gasteiger partial charge in [0.2, 0.25) is 5.91 Å². The second-order valence-electron chi connectivity index (χ2n) is 7.51. The zero-order valence-electron chi connectivity index (χ0n) is 17.0. The molecule has 0 radical (unpaired) electrons. The lowest BCUT2D eigenvalue weighted by molar-refractivity contribution is -0.119. The Kier molecular flexibility index (Phi) is 6.34. The Balaban J connectivity index is 1.40. The number of carbonyl (C=O) groups is 2. The van der Waals surface area contributed by atoms with Crippen LogP contribution in [0, 0.1) is 0 Å². The normalized spacial score (nSPS) is 14.5. The number of hydrogen-bond acceptors (Lipinski definition) is 6. The summed E-state index contributed by atoms with van der Waals surface area (Å²) in [5, 5.41) is 14.5. The van der Waals surface area contributed by atoms with Crippen LogP contribution in [-0.2, 0) is 11.2 Å². The van der Waals surface area contributed by atoms with Gasteiger partial charge in [0, 0.05) is 29.8 Å². The van der Waals surface area contributed by atoms with Crippen LogP contribution in [0.5, 0.6) is 0 Å². The van der Waals surface area contributed by atoms with Gasteiger partial charge in [-0.2, -0.15) is 0 Å². The number of amides is 1. The summed E-state index contributed by atoms with van der Waals surface area (Å²) in [5.74, 6) is 1.29. The van der Waals surface area contributed by atoms with E-state index in [0.29, 0.717) is 17.4 Å². The molecule has 1 atom stereocenters. The minimum absolute atomic E-state index is 0.0592. The fourth-order valence-electron chi connectivity index (χ4n) is 3.35. The highest BCUT2D eigenvalue weighted by Crippen LogP contribution is 2.39. The van der Waals surface area contributed by atoms with Crippen LogP contribution in [0.15, 0.2) is 46.9 Å². The van der Waals surface area contributed by atoms with Gasteiger partial charge in [-0.05, 0) is 36.8 Å². The van der Waals surface area contributed by atoms with Crippen LogP contribution in [0.3, 0.4) is 0 Å². The summed E-state index contributed by atoms with van der Waals surface area (Å²) in [6.07, 6.45) is 3.07. The second-order valence-corrected chi connectivity index (χ2v) is 9.49. The van der Waals surface area contributed by atoms with Gasteiger partial charge in [0.25, 0.3) is 0 Å². The molecule has 0 bridgehead atoms. The van der Waals surface area contributed by atoms with E-state index >= 15 is 0 Å². The number of nitrogens with one attached hydrogen (secondary N) is 1. The molecule has 1 unspecified atom stereocenters. The maximum Gasteiger partial charge on any atom is 0.217 e. The van der Waals surface area contributed by atoms with Gasteiger partial charge in [0.1, 0.15) is 5.82 Å². The highest BCUT2D eigenvalue weighted by atomic mass is 32.2. The number of hydrogen-bond donors (Lipinski definition) is 1. The molecule has 4 rings (SSSR count). The molecule has 0 aliphatic heterocycles. The lowest BCUT2D eigenvalue weighted by atomic mass is 10.0. The first-order valence-electron chi connectivity index (χ1n) is 10.0.